The summed E-state index contributed by atoms with van der Waals surface area (Å²) in [6, 6.07) is 6.12. The molecule has 0 radical (unpaired) electrons. The summed E-state index contributed by atoms with van der Waals surface area (Å²) in [5, 5.41) is 8.69. The third kappa shape index (κ3) is 75.0. The number of nitrogens with one attached hydrogen (secondary N) is 3. The quantitative estimate of drug-likeness (QED) is 0.0433. The van der Waals surface area contributed by atoms with E-state index < -0.39 is 22.8 Å². The standard InChI is InChI=1S/C84H153N3O30/c1-72(2)80(87-79(91)18-15-17-77(89)83(3,4)5)76(88)70-74(81(92)86-75-21-19-73(20-22-75)71-117-82(93)84(6,7)8)16-11-12-24-85-78(90)23-27-97-32-35-101-40-43-103-41-38-99-33-30-95-25-13-10-14-26-96-31-34-100-39-42-104-46-47-106-50-51-108-54-55-110-58-59-112-62-63-114-66-67-116-69-68-115-65-64-113-61-60-111-57-56-109-53-52-107-49-48-105-45-44-102-37-36-98-29-28-94-9/h19-22,72,74,80H,10-18,23-71H2,1-9H3,(H,85,90)(H,86,92)(H,87,91)/t74-,80+/m1/s1. The highest BCUT2D eigenvalue weighted by molar-refractivity contribution is 5.97. The maximum Gasteiger partial charge on any atom is 0.311 e. The molecule has 684 valence electrons. The fourth-order valence-corrected chi connectivity index (χ4v) is 9.97. The van der Waals surface area contributed by atoms with E-state index in [4.69, 9.17) is 114 Å². The number of carbonyl (C=O) groups excluding carboxylic acids is 6. The average Bonchev–Trinajstić information content (AvgIpc) is 0.861. The van der Waals surface area contributed by atoms with Crippen LogP contribution in [0.2, 0.25) is 0 Å². The van der Waals surface area contributed by atoms with Crippen molar-refractivity contribution in [3.05, 3.63) is 29.8 Å². The predicted octanol–water partition coefficient (Wildman–Crippen LogP) is 7.07. The van der Waals surface area contributed by atoms with Crippen LogP contribution in [0.3, 0.4) is 0 Å². The molecule has 1 rings (SSSR count). The Morgan fingerprint density at radius 1 is 0.333 bits per heavy atom. The zero-order chi connectivity index (χ0) is 85.3. The lowest BCUT2D eigenvalue weighted by Gasteiger charge is -2.24. The van der Waals surface area contributed by atoms with E-state index in [1.807, 2.05) is 34.6 Å². The number of rotatable bonds is 90. The third-order valence-corrected chi connectivity index (χ3v) is 16.7. The van der Waals surface area contributed by atoms with E-state index in [9.17, 15) is 28.8 Å². The minimum Gasteiger partial charge on any atom is -0.460 e. The Balaban J connectivity index is 1.86. The van der Waals surface area contributed by atoms with Crippen LogP contribution >= 0.6 is 0 Å². The maximum atomic E-state index is 13.8. The van der Waals surface area contributed by atoms with Crippen molar-refractivity contribution in [3.63, 3.8) is 0 Å². The highest BCUT2D eigenvalue weighted by Gasteiger charge is 2.30. The van der Waals surface area contributed by atoms with E-state index in [2.05, 4.69) is 16.0 Å². The smallest absolute Gasteiger partial charge is 0.311 e. The molecule has 0 fully saturated rings. The number of esters is 1. The Labute approximate surface area is 698 Å². The van der Waals surface area contributed by atoms with Crippen LogP contribution in [-0.2, 0) is 149 Å². The van der Waals surface area contributed by atoms with Gasteiger partial charge in [0.1, 0.15) is 12.4 Å². The van der Waals surface area contributed by atoms with Crippen LogP contribution < -0.4 is 16.0 Å². The number of unbranched alkanes of at least 4 members (excludes halogenated alkanes) is 3. The van der Waals surface area contributed by atoms with Crippen LogP contribution in [0.1, 0.15) is 132 Å². The van der Waals surface area contributed by atoms with Crippen molar-refractivity contribution in [1.29, 1.82) is 0 Å². The van der Waals surface area contributed by atoms with Gasteiger partial charge in [-0.3, -0.25) is 28.8 Å². The van der Waals surface area contributed by atoms with Gasteiger partial charge in [-0.15, -0.1) is 0 Å². The minimum atomic E-state index is -0.819. The van der Waals surface area contributed by atoms with Gasteiger partial charge < -0.3 is 130 Å². The number of amides is 3. The van der Waals surface area contributed by atoms with E-state index in [1.54, 1.807) is 52.1 Å². The maximum absolute atomic E-state index is 13.8. The molecule has 1 aromatic rings. The second-order valence-electron chi connectivity index (χ2n) is 29.3. The van der Waals surface area contributed by atoms with Gasteiger partial charge in [0.2, 0.25) is 17.7 Å². The highest BCUT2D eigenvalue weighted by atomic mass is 16.6. The lowest BCUT2D eigenvalue weighted by atomic mass is 9.87. The van der Waals surface area contributed by atoms with Crippen molar-refractivity contribution >= 4 is 40.9 Å². The molecule has 117 heavy (non-hydrogen) atoms. The van der Waals surface area contributed by atoms with E-state index in [0.29, 0.717) is 329 Å². The summed E-state index contributed by atoms with van der Waals surface area (Å²) >= 11 is 0. The summed E-state index contributed by atoms with van der Waals surface area (Å²) in [6.07, 6.45) is 5.16. The largest absolute Gasteiger partial charge is 0.460 e. The van der Waals surface area contributed by atoms with Crippen molar-refractivity contribution < 1.29 is 142 Å². The van der Waals surface area contributed by atoms with Crippen LogP contribution in [0.15, 0.2) is 24.3 Å². The molecule has 0 aliphatic heterocycles. The topological polar surface area (TPSA) is 360 Å². The number of Topliss-reactive ketones (excluding diaryl/α,β-unsaturated/α-hetero) is 2. The van der Waals surface area contributed by atoms with Crippen molar-refractivity contribution in [2.24, 2.45) is 22.7 Å². The van der Waals surface area contributed by atoms with Gasteiger partial charge in [0.25, 0.3) is 0 Å². The van der Waals surface area contributed by atoms with E-state index in [1.165, 1.54) is 0 Å². The molecule has 0 heterocycles. The number of benzene rings is 1. The Morgan fingerprint density at radius 3 is 0.957 bits per heavy atom. The number of ether oxygens (including phenoxy) is 24. The summed E-state index contributed by atoms with van der Waals surface area (Å²) in [5.41, 5.74) is 0.117. The molecule has 0 aromatic heterocycles. The summed E-state index contributed by atoms with van der Waals surface area (Å²) in [5.74, 6) is -2.35. The fourth-order valence-electron chi connectivity index (χ4n) is 9.97. The zero-order valence-corrected chi connectivity index (χ0v) is 72.8. The van der Waals surface area contributed by atoms with Gasteiger partial charge in [0.15, 0.2) is 5.78 Å². The normalized spacial score (nSPS) is 12.4. The Bertz CT molecular complexity index is 2450. The first-order chi connectivity index (χ1) is 56.8. The number of ketones is 2. The van der Waals surface area contributed by atoms with Gasteiger partial charge in [0.05, 0.1) is 296 Å². The molecule has 0 bridgehead atoms. The highest BCUT2D eigenvalue weighted by Crippen LogP contribution is 2.23. The molecule has 2 atom stereocenters. The minimum absolute atomic E-state index is 0.0618. The van der Waals surface area contributed by atoms with Crippen LogP contribution in [0.4, 0.5) is 5.69 Å². The molecule has 0 saturated heterocycles. The first-order valence-electron chi connectivity index (χ1n) is 42.2. The van der Waals surface area contributed by atoms with Gasteiger partial charge in [-0.25, -0.2) is 0 Å². The summed E-state index contributed by atoms with van der Waals surface area (Å²) in [7, 11) is 1.64. The van der Waals surface area contributed by atoms with Crippen molar-refractivity contribution in [2.45, 2.75) is 139 Å². The van der Waals surface area contributed by atoms with Gasteiger partial charge in [-0.1, -0.05) is 53.2 Å². The number of hydrogen-bond donors (Lipinski definition) is 3. The first-order valence-corrected chi connectivity index (χ1v) is 42.2. The second-order valence-corrected chi connectivity index (χ2v) is 29.3. The van der Waals surface area contributed by atoms with Crippen molar-refractivity contribution in [2.75, 3.05) is 316 Å². The third-order valence-electron chi connectivity index (χ3n) is 16.7. The summed E-state index contributed by atoms with van der Waals surface area (Å²) in [4.78, 5) is 77.9. The summed E-state index contributed by atoms with van der Waals surface area (Å²) in [6.45, 7) is 36.8. The lowest BCUT2D eigenvalue weighted by molar-refractivity contribution is -0.154. The Kier molecular flexibility index (Phi) is 76.7. The zero-order valence-electron chi connectivity index (χ0n) is 72.8. The molecule has 33 nitrogen and oxygen atoms in total. The van der Waals surface area contributed by atoms with Crippen LogP contribution in [0.25, 0.3) is 0 Å². The van der Waals surface area contributed by atoms with Gasteiger partial charge in [-0.2, -0.15) is 0 Å². The molecular weight excluding hydrogens is 1530 g/mol. The van der Waals surface area contributed by atoms with Crippen molar-refractivity contribution in [3.8, 4) is 0 Å². The molecule has 3 N–H and O–H groups in total. The van der Waals surface area contributed by atoms with E-state index >= 15 is 0 Å². The molecule has 1 aromatic carbocycles. The molecular formula is C84H153N3O30. The van der Waals surface area contributed by atoms with Gasteiger partial charge in [0, 0.05) is 69.6 Å². The first kappa shape index (κ1) is 111. The monoisotopic (exact) mass is 1680 g/mol. The van der Waals surface area contributed by atoms with Gasteiger partial charge >= 0.3 is 5.97 Å². The Morgan fingerprint density at radius 2 is 0.650 bits per heavy atom. The molecule has 3 amide bonds. The van der Waals surface area contributed by atoms with E-state index in [-0.39, 0.29) is 80.1 Å². The number of anilines is 1. The molecule has 0 unspecified atom stereocenters. The van der Waals surface area contributed by atoms with Gasteiger partial charge in [-0.05, 0) is 82.9 Å². The van der Waals surface area contributed by atoms with Crippen molar-refractivity contribution in [1.82, 2.24) is 10.6 Å². The number of methoxy groups -OCH3 is 1. The number of hydrogen-bond acceptors (Lipinski definition) is 30. The second kappa shape index (κ2) is 81.2. The van der Waals surface area contributed by atoms with Crippen LogP contribution in [-0.4, -0.2) is 352 Å². The van der Waals surface area contributed by atoms with Crippen LogP contribution in [0.5, 0.6) is 0 Å². The molecule has 0 spiro atoms. The summed E-state index contributed by atoms with van der Waals surface area (Å²) < 4.78 is 132. The lowest BCUT2D eigenvalue weighted by Crippen LogP contribution is -2.45. The number of carbonyl (C=O) groups is 6. The Hall–Kier alpha value is -4.48. The molecule has 0 saturated carbocycles. The molecule has 0 aliphatic rings. The molecule has 0 aliphatic carbocycles. The van der Waals surface area contributed by atoms with E-state index in [0.717, 1.165) is 24.8 Å². The van der Waals surface area contributed by atoms with Crippen LogP contribution in [0, 0.1) is 22.7 Å². The molecule has 33 heteroatoms. The average molecular weight is 1690 g/mol. The predicted molar refractivity (Wildman–Crippen MR) is 438 cm³/mol. The fraction of sp³-hybridized carbons (Fsp3) is 0.857. The SMILES string of the molecule is COCCOCCOCCOCCOCCOCCOCCOCCOCCOCCOCCOCCOCCOCCOCCOCCOCCOCCCCCOCCOCCOCCOCCOCCC(=O)NCCCC[C@H](CC(=O)[C@@H](NC(=O)CCCC(=O)C(C)(C)C)C(C)C)C(=O)Nc1ccc(COC(=O)C(C)(C)C)cc1.